The molecule has 2 amide bonds. The van der Waals surface area contributed by atoms with Crippen LogP contribution in [0.2, 0.25) is 0 Å². The second kappa shape index (κ2) is 6.72. The Bertz CT molecular complexity index is 1050. The summed E-state index contributed by atoms with van der Waals surface area (Å²) in [5, 5.41) is 12.7. The number of nitrogens with zero attached hydrogens (tertiary/aromatic N) is 6. The Labute approximate surface area is 160 Å². The van der Waals surface area contributed by atoms with E-state index in [2.05, 4.69) is 25.5 Å². The van der Waals surface area contributed by atoms with Gasteiger partial charge < -0.3 is 10.1 Å². The van der Waals surface area contributed by atoms with Gasteiger partial charge in [0.2, 0.25) is 0 Å². The average molecular weight is 379 g/mol. The van der Waals surface area contributed by atoms with E-state index in [1.807, 2.05) is 0 Å². The van der Waals surface area contributed by atoms with E-state index in [0.29, 0.717) is 28.7 Å². The maximum Gasteiger partial charge on any atom is 0.265 e. The van der Waals surface area contributed by atoms with Gasteiger partial charge >= 0.3 is 0 Å². The van der Waals surface area contributed by atoms with Gasteiger partial charge in [0.25, 0.3) is 17.8 Å². The zero-order chi connectivity index (χ0) is 19.8. The number of amides is 2. The third-order valence-electron chi connectivity index (χ3n) is 4.30. The molecule has 0 bridgehead atoms. The molecule has 0 fully saturated rings. The summed E-state index contributed by atoms with van der Waals surface area (Å²) in [5.41, 5.74) is 1.08. The van der Waals surface area contributed by atoms with Crippen LogP contribution >= 0.6 is 0 Å². The van der Waals surface area contributed by atoms with Gasteiger partial charge in [0, 0.05) is 24.9 Å². The topological polar surface area (TPSA) is 114 Å². The number of methoxy groups -OCH3 is 1. The Hall–Kier alpha value is -3.82. The maximum atomic E-state index is 12.6. The van der Waals surface area contributed by atoms with Gasteiger partial charge in [0.05, 0.1) is 12.8 Å². The molecule has 142 valence electrons. The number of hydrazone groups is 1. The predicted octanol–water partition coefficient (Wildman–Crippen LogP) is 1.14. The molecular formula is C18H17N7O3. The number of fused-ring (bicyclic) bond motifs is 1. The van der Waals surface area contributed by atoms with Gasteiger partial charge in [-0.05, 0) is 31.2 Å². The number of ether oxygens (including phenoxy) is 1. The van der Waals surface area contributed by atoms with Crippen LogP contribution in [0.1, 0.15) is 16.1 Å². The number of carbonyl (C=O) groups is 2. The minimum absolute atomic E-state index is 0.0757. The van der Waals surface area contributed by atoms with E-state index in [1.165, 1.54) is 15.9 Å². The molecule has 1 aromatic heterocycles. The summed E-state index contributed by atoms with van der Waals surface area (Å²) in [6, 6.07) is 8.38. The number of rotatable bonds is 3. The Kier molecular flexibility index (Phi) is 4.22. The van der Waals surface area contributed by atoms with Gasteiger partial charge in [-0.3, -0.25) is 14.6 Å². The minimum atomic E-state index is -0.581. The highest BCUT2D eigenvalue weighted by molar-refractivity contribution is 6.24. The summed E-state index contributed by atoms with van der Waals surface area (Å²) in [6.07, 6.45) is 1.50. The summed E-state index contributed by atoms with van der Waals surface area (Å²) < 4.78 is 6.44. The molecule has 3 heterocycles. The molecule has 2 aliphatic rings. The molecule has 1 aromatic carbocycles. The number of aromatic nitrogens is 2. The van der Waals surface area contributed by atoms with Crippen LogP contribution in [-0.2, 0) is 4.79 Å². The van der Waals surface area contributed by atoms with E-state index in [-0.39, 0.29) is 17.8 Å². The first-order valence-corrected chi connectivity index (χ1v) is 8.47. The van der Waals surface area contributed by atoms with E-state index < -0.39 is 5.92 Å². The van der Waals surface area contributed by atoms with Crippen LogP contribution in [0.3, 0.4) is 0 Å². The van der Waals surface area contributed by atoms with Crippen LogP contribution in [0.4, 0.5) is 5.82 Å². The number of amidine groups is 1. The fraction of sp³-hybridized carbons (Fsp3) is 0.222. The minimum Gasteiger partial charge on any atom is -0.497 e. The third kappa shape index (κ3) is 3.04. The first kappa shape index (κ1) is 17.6. The number of nitrogens with one attached hydrogen (secondary N) is 1. The smallest absolute Gasteiger partial charge is 0.265 e. The van der Waals surface area contributed by atoms with Crippen molar-refractivity contribution in [2.75, 3.05) is 19.5 Å². The van der Waals surface area contributed by atoms with Gasteiger partial charge in [-0.1, -0.05) is 0 Å². The number of hydrogen-bond acceptors (Lipinski definition) is 7. The third-order valence-corrected chi connectivity index (χ3v) is 4.30. The SMILES string of the molecule is COc1ccc(C(=O)Nc2cc(C)nn2C2=NC(=O)C3C=NN(C)C3=N2)cc1. The molecule has 0 radical (unpaired) electrons. The van der Waals surface area contributed by atoms with Crippen molar-refractivity contribution in [3.63, 3.8) is 0 Å². The van der Waals surface area contributed by atoms with Crippen molar-refractivity contribution in [2.24, 2.45) is 21.0 Å². The van der Waals surface area contributed by atoms with Crippen molar-refractivity contribution in [3.05, 3.63) is 41.6 Å². The molecular weight excluding hydrogens is 362 g/mol. The molecule has 0 saturated carbocycles. The second-order valence-corrected chi connectivity index (χ2v) is 6.25. The quantitative estimate of drug-likeness (QED) is 0.859. The van der Waals surface area contributed by atoms with Crippen LogP contribution in [0, 0.1) is 12.8 Å². The van der Waals surface area contributed by atoms with Gasteiger partial charge in [-0.2, -0.15) is 24.9 Å². The molecule has 10 heteroatoms. The second-order valence-electron chi connectivity index (χ2n) is 6.25. The van der Waals surface area contributed by atoms with Crippen molar-refractivity contribution >= 4 is 35.6 Å². The fourth-order valence-corrected chi connectivity index (χ4v) is 2.87. The molecule has 2 aromatic rings. The van der Waals surface area contributed by atoms with Crippen molar-refractivity contribution in [1.29, 1.82) is 0 Å². The lowest BCUT2D eigenvalue weighted by Gasteiger charge is -2.17. The van der Waals surface area contributed by atoms with Gasteiger partial charge in [0.15, 0.2) is 0 Å². The molecule has 1 atom stereocenters. The zero-order valence-corrected chi connectivity index (χ0v) is 15.4. The highest BCUT2D eigenvalue weighted by atomic mass is 16.5. The van der Waals surface area contributed by atoms with E-state index in [9.17, 15) is 9.59 Å². The van der Waals surface area contributed by atoms with Gasteiger partial charge in [-0.15, -0.1) is 0 Å². The van der Waals surface area contributed by atoms with Crippen LogP contribution in [0.5, 0.6) is 5.75 Å². The van der Waals surface area contributed by atoms with Crippen LogP contribution < -0.4 is 10.1 Å². The van der Waals surface area contributed by atoms with E-state index in [1.54, 1.807) is 51.4 Å². The summed E-state index contributed by atoms with van der Waals surface area (Å²) in [6.45, 7) is 1.77. The standard InChI is InChI=1S/C18H17N7O3/c1-10-8-14(20-16(26)11-4-6-12(28-3)7-5-11)25(23-10)18-21-15-13(17(27)22-18)9-19-24(15)2/h4-9,13H,1-3H3,(H,20,26). The van der Waals surface area contributed by atoms with Crippen LogP contribution in [0.15, 0.2) is 45.4 Å². The average Bonchev–Trinajstić information content (AvgIpc) is 3.24. The number of benzene rings is 1. The zero-order valence-electron chi connectivity index (χ0n) is 15.4. The van der Waals surface area contributed by atoms with Crippen molar-refractivity contribution < 1.29 is 14.3 Å². The molecule has 2 aliphatic heterocycles. The monoisotopic (exact) mass is 379 g/mol. The Morgan fingerprint density at radius 3 is 2.68 bits per heavy atom. The Morgan fingerprint density at radius 1 is 1.21 bits per heavy atom. The van der Waals surface area contributed by atoms with Crippen LogP contribution in [-0.4, -0.2) is 58.8 Å². The van der Waals surface area contributed by atoms with Crippen LogP contribution in [0.25, 0.3) is 0 Å². The Morgan fingerprint density at radius 2 is 1.96 bits per heavy atom. The van der Waals surface area contributed by atoms with Crippen molar-refractivity contribution in [2.45, 2.75) is 6.92 Å². The predicted molar refractivity (Wildman–Crippen MR) is 103 cm³/mol. The molecule has 0 saturated heterocycles. The summed E-state index contributed by atoms with van der Waals surface area (Å²) >= 11 is 0. The first-order chi connectivity index (χ1) is 13.5. The number of aryl methyl sites for hydroxylation is 1. The van der Waals surface area contributed by atoms with Crippen molar-refractivity contribution in [1.82, 2.24) is 14.8 Å². The number of hydrogen-bond donors (Lipinski definition) is 1. The van der Waals surface area contributed by atoms with Crippen molar-refractivity contribution in [3.8, 4) is 5.75 Å². The normalized spacial score (nSPS) is 17.9. The highest BCUT2D eigenvalue weighted by Crippen LogP contribution is 2.20. The van der Waals surface area contributed by atoms with E-state index in [0.717, 1.165) is 0 Å². The summed E-state index contributed by atoms with van der Waals surface area (Å²) in [4.78, 5) is 33.3. The number of carbonyl (C=O) groups excluding carboxylic acids is 2. The lowest BCUT2D eigenvalue weighted by molar-refractivity contribution is -0.118. The van der Waals surface area contributed by atoms with Gasteiger partial charge in [0.1, 0.15) is 23.3 Å². The molecule has 0 spiro atoms. The molecule has 1 N–H and O–H groups in total. The molecule has 10 nitrogen and oxygen atoms in total. The maximum absolute atomic E-state index is 12.6. The Balaban J connectivity index is 1.63. The van der Waals surface area contributed by atoms with E-state index in [4.69, 9.17) is 4.74 Å². The number of aliphatic imine (C=N–C) groups is 2. The summed E-state index contributed by atoms with van der Waals surface area (Å²) in [5.74, 6) is 0.257. The molecule has 0 aliphatic carbocycles. The fourth-order valence-electron chi connectivity index (χ4n) is 2.87. The summed E-state index contributed by atoms with van der Waals surface area (Å²) in [7, 11) is 3.26. The van der Waals surface area contributed by atoms with E-state index >= 15 is 0 Å². The lowest BCUT2D eigenvalue weighted by atomic mass is 10.1. The molecule has 1 unspecified atom stereocenters. The first-order valence-electron chi connectivity index (χ1n) is 8.47. The highest BCUT2D eigenvalue weighted by Gasteiger charge is 2.35. The lowest BCUT2D eigenvalue weighted by Crippen LogP contribution is -2.35. The largest absolute Gasteiger partial charge is 0.497 e. The number of anilines is 1. The molecule has 4 rings (SSSR count). The molecule has 28 heavy (non-hydrogen) atoms. The van der Waals surface area contributed by atoms with Gasteiger partial charge in [-0.25, -0.2) is 0 Å².